The van der Waals surface area contributed by atoms with Gasteiger partial charge in [-0.2, -0.15) is 0 Å². The molecule has 0 saturated heterocycles. The molecule has 1 N–H and O–H groups in total. The maximum atomic E-state index is 12.7. The minimum atomic E-state index is -0.269. The van der Waals surface area contributed by atoms with Crippen LogP contribution in [0.15, 0.2) is 60.7 Å². The third kappa shape index (κ3) is 3.69. The van der Waals surface area contributed by atoms with Gasteiger partial charge in [0.15, 0.2) is 11.3 Å². The average Bonchev–Trinajstić information content (AvgIpc) is 3.23. The molecule has 8 nitrogen and oxygen atoms in total. The molecule has 164 valence electrons. The summed E-state index contributed by atoms with van der Waals surface area (Å²) in [6, 6.07) is 19.9. The van der Waals surface area contributed by atoms with Gasteiger partial charge >= 0.3 is 0 Å². The fraction of sp³-hybridized carbons (Fsp3) is 0.200. The minimum absolute atomic E-state index is 0.244. The van der Waals surface area contributed by atoms with Crippen molar-refractivity contribution in [2.75, 3.05) is 6.54 Å². The lowest BCUT2D eigenvalue weighted by Gasteiger charge is -2.10. The number of hydrogen-bond donors (Lipinski definition) is 1. The number of benzene rings is 2. The molecule has 3 heterocycles. The number of nitrogens with one attached hydrogen (secondary N) is 1. The van der Waals surface area contributed by atoms with E-state index < -0.39 is 0 Å². The van der Waals surface area contributed by atoms with Gasteiger partial charge in [-0.15, -0.1) is 25.5 Å². The van der Waals surface area contributed by atoms with E-state index in [-0.39, 0.29) is 11.6 Å². The smallest absolute Gasteiger partial charge is 0.273 e. The Hall–Kier alpha value is -4.20. The lowest BCUT2D eigenvalue weighted by atomic mass is 9.97. The number of nitrogens with zero attached hydrogens (tertiary/aromatic N) is 6. The van der Waals surface area contributed by atoms with Crippen LogP contribution in [0.25, 0.3) is 39.1 Å². The van der Waals surface area contributed by atoms with E-state index in [1.165, 1.54) is 0 Å². The lowest BCUT2D eigenvalue weighted by Crippen LogP contribution is -2.29. The molecule has 0 saturated carbocycles. The van der Waals surface area contributed by atoms with E-state index in [1.54, 1.807) is 4.52 Å². The highest BCUT2D eigenvalue weighted by Crippen LogP contribution is 2.37. The Balaban J connectivity index is 1.77. The van der Waals surface area contributed by atoms with Crippen LogP contribution in [-0.4, -0.2) is 42.5 Å². The molecule has 0 aliphatic heterocycles. The van der Waals surface area contributed by atoms with E-state index in [0.717, 1.165) is 27.8 Å². The molecule has 0 unspecified atom stereocenters. The Labute approximate surface area is 190 Å². The van der Waals surface area contributed by atoms with Crippen LogP contribution < -0.4 is 5.32 Å². The van der Waals surface area contributed by atoms with Crippen molar-refractivity contribution >= 4 is 22.6 Å². The number of carbonyl (C=O) groups is 1. The molecule has 0 aliphatic carbocycles. The molecule has 0 spiro atoms. The summed E-state index contributed by atoms with van der Waals surface area (Å²) in [5.41, 5.74) is 5.37. The highest BCUT2D eigenvalue weighted by Gasteiger charge is 2.23. The zero-order valence-electron chi connectivity index (χ0n) is 18.6. The van der Waals surface area contributed by atoms with E-state index in [9.17, 15) is 4.79 Å². The second-order valence-electron chi connectivity index (χ2n) is 8.33. The summed E-state index contributed by atoms with van der Waals surface area (Å²) in [6.07, 6.45) is 0. The highest BCUT2D eigenvalue weighted by molar-refractivity contribution is 6.07. The van der Waals surface area contributed by atoms with Crippen molar-refractivity contribution in [1.82, 2.24) is 35.3 Å². The van der Waals surface area contributed by atoms with Gasteiger partial charge in [0.2, 0.25) is 5.65 Å². The van der Waals surface area contributed by atoms with Gasteiger partial charge in [0.1, 0.15) is 5.69 Å². The molecule has 0 atom stereocenters. The second kappa shape index (κ2) is 8.38. The second-order valence-corrected chi connectivity index (χ2v) is 8.33. The largest absolute Gasteiger partial charge is 0.350 e. The van der Waals surface area contributed by atoms with Gasteiger partial charge in [0.05, 0.1) is 11.1 Å². The van der Waals surface area contributed by atoms with Gasteiger partial charge in [-0.1, -0.05) is 74.5 Å². The highest BCUT2D eigenvalue weighted by atomic mass is 16.1. The zero-order chi connectivity index (χ0) is 22.9. The predicted octanol–water partition coefficient (Wildman–Crippen LogP) is 4.10. The molecule has 5 aromatic rings. The van der Waals surface area contributed by atoms with Crippen LogP contribution >= 0.6 is 0 Å². The number of amides is 1. The summed E-state index contributed by atoms with van der Waals surface area (Å²) in [5.74, 6) is 0.0628. The first kappa shape index (κ1) is 20.7. The topological polar surface area (TPSA) is 98.0 Å². The Kier molecular flexibility index (Phi) is 5.26. The van der Waals surface area contributed by atoms with Crippen LogP contribution in [0.5, 0.6) is 0 Å². The van der Waals surface area contributed by atoms with Crippen molar-refractivity contribution in [2.24, 2.45) is 5.92 Å². The van der Waals surface area contributed by atoms with Crippen molar-refractivity contribution in [2.45, 2.75) is 20.8 Å². The van der Waals surface area contributed by atoms with Crippen LogP contribution in [-0.2, 0) is 0 Å². The molecule has 0 radical (unpaired) electrons. The normalized spacial score (nSPS) is 11.4. The third-order valence-corrected chi connectivity index (χ3v) is 5.47. The van der Waals surface area contributed by atoms with Gasteiger partial charge in [0.25, 0.3) is 5.91 Å². The first-order chi connectivity index (χ1) is 16.0. The average molecular weight is 438 g/mol. The van der Waals surface area contributed by atoms with E-state index in [2.05, 4.69) is 30.8 Å². The summed E-state index contributed by atoms with van der Waals surface area (Å²) in [5, 5.41) is 25.9. The molecule has 5 rings (SSSR count). The van der Waals surface area contributed by atoms with Gasteiger partial charge in [-0.25, -0.2) is 4.52 Å². The summed E-state index contributed by atoms with van der Waals surface area (Å²) < 4.78 is 1.64. The number of hydrogen-bond acceptors (Lipinski definition) is 6. The van der Waals surface area contributed by atoms with Crippen LogP contribution in [0.1, 0.15) is 30.0 Å². The van der Waals surface area contributed by atoms with E-state index in [0.29, 0.717) is 29.5 Å². The van der Waals surface area contributed by atoms with Gasteiger partial charge in [-0.05, 0) is 18.4 Å². The number of aromatic nitrogens is 6. The molecular formula is C25H23N7O. The van der Waals surface area contributed by atoms with Crippen LogP contribution in [0.2, 0.25) is 0 Å². The van der Waals surface area contributed by atoms with Gasteiger partial charge < -0.3 is 5.32 Å². The Morgan fingerprint density at radius 1 is 0.909 bits per heavy atom. The fourth-order valence-electron chi connectivity index (χ4n) is 3.83. The molecule has 8 heteroatoms. The summed E-state index contributed by atoms with van der Waals surface area (Å²) in [4.78, 5) is 12.7. The van der Waals surface area contributed by atoms with E-state index in [1.807, 2.05) is 81.4 Å². The molecule has 2 aromatic carbocycles. The number of carbonyl (C=O) groups excluding carboxylic acids is 1. The molecule has 0 aliphatic rings. The summed E-state index contributed by atoms with van der Waals surface area (Å²) in [7, 11) is 0. The number of rotatable bonds is 5. The molecular weight excluding hydrogens is 414 g/mol. The van der Waals surface area contributed by atoms with Crippen molar-refractivity contribution in [3.8, 4) is 22.4 Å². The summed E-state index contributed by atoms with van der Waals surface area (Å²) >= 11 is 0. The van der Waals surface area contributed by atoms with Crippen molar-refractivity contribution < 1.29 is 4.79 Å². The number of fused-ring (bicyclic) bond motifs is 3. The fourth-order valence-corrected chi connectivity index (χ4v) is 3.83. The van der Waals surface area contributed by atoms with Gasteiger partial charge in [0, 0.05) is 17.7 Å². The number of aryl methyl sites for hydroxylation is 1. The first-order valence-corrected chi connectivity index (χ1v) is 10.9. The lowest BCUT2D eigenvalue weighted by molar-refractivity contribution is 0.0941. The quantitative estimate of drug-likeness (QED) is 0.445. The predicted molar refractivity (Wildman–Crippen MR) is 127 cm³/mol. The minimum Gasteiger partial charge on any atom is -0.350 e. The monoisotopic (exact) mass is 437 g/mol. The van der Waals surface area contributed by atoms with Gasteiger partial charge in [-0.3, -0.25) is 4.79 Å². The molecule has 33 heavy (non-hydrogen) atoms. The third-order valence-electron chi connectivity index (χ3n) is 5.47. The van der Waals surface area contributed by atoms with Crippen molar-refractivity contribution in [1.29, 1.82) is 0 Å². The standard InChI is InChI=1S/C25H23N7O/c1-15(2)14-26-25(33)21-16(3)32-24(30-27-21)20-19(17-10-6-4-7-11-17)22(28-29-23(20)31-32)18-12-8-5-9-13-18/h4-13,15H,14H2,1-3H3,(H,26,33). The molecule has 0 bridgehead atoms. The van der Waals surface area contributed by atoms with Crippen LogP contribution in [0.4, 0.5) is 0 Å². The van der Waals surface area contributed by atoms with E-state index >= 15 is 0 Å². The van der Waals surface area contributed by atoms with E-state index in [4.69, 9.17) is 0 Å². The maximum absolute atomic E-state index is 12.7. The molecule has 1 amide bonds. The SMILES string of the molecule is Cc1c(C(=O)NCC(C)C)nnc2c3c(-c4ccccc4)c(-c4ccccc4)nnc3nn12. The van der Waals surface area contributed by atoms with Crippen molar-refractivity contribution in [3.05, 3.63) is 72.1 Å². The van der Waals surface area contributed by atoms with Crippen LogP contribution in [0.3, 0.4) is 0 Å². The first-order valence-electron chi connectivity index (χ1n) is 10.9. The maximum Gasteiger partial charge on any atom is 0.273 e. The Morgan fingerprint density at radius 2 is 1.58 bits per heavy atom. The summed E-state index contributed by atoms with van der Waals surface area (Å²) in [6.45, 7) is 6.45. The van der Waals surface area contributed by atoms with Crippen molar-refractivity contribution in [3.63, 3.8) is 0 Å². The van der Waals surface area contributed by atoms with Crippen LogP contribution in [0, 0.1) is 12.8 Å². The Morgan fingerprint density at radius 3 is 2.24 bits per heavy atom. The Bertz CT molecular complexity index is 1460. The zero-order valence-corrected chi connectivity index (χ0v) is 18.6. The molecule has 3 aromatic heterocycles. The molecule has 0 fully saturated rings.